The van der Waals surface area contributed by atoms with Crippen molar-refractivity contribution in [2.45, 2.75) is 6.92 Å². The van der Waals surface area contributed by atoms with Gasteiger partial charge >= 0.3 is 5.97 Å². The Hall–Kier alpha value is -3.64. The molecule has 3 aromatic carbocycles. The van der Waals surface area contributed by atoms with E-state index in [-0.39, 0.29) is 5.91 Å². The molecule has 148 valence electrons. The molecule has 0 unspecified atom stereocenters. The van der Waals surface area contributed by atoms with Crippen molar-refractivity contribution >= 4 is 40.6 Å². The zero-order valence-corrected chi connectivity index (χ0v) is 17.0. The summed E-state index contributed by atoms with van der Waals surface area (Å²) in [4.78, 5) is 29.5. The monoisotopic (exact) mass is 414 g/mol. The molecule has 5 nitrogen and oxygen atoms in total. The summed E-state index contributed by atoms with van der Waals surface area (Å²) in [5.74, 6) is -0.152. The Labute approximate surface area is 178 Å². The summed E-state index contributed by atoms with van der Waals surface area (Å²) in [6.07, 6.45) is 1.78. The molecule has 1 saturated heterocycles. The molecule has 1 N–H and O–H groups in total. The third-order valence-corrected chi connectivity index (χ3v) is 5.19. The van der Waals surface area contributed by atoms with Gasteiger partial charge in [0, 0.05) is 0 Å². The van der Waals surface area contributed by atoms with E-state index in [9.17, 15) is 9.59 Å². The van der Waals surface area contributed by atoms with E-state index in [0.717, 1.165) is 16.8 Å². The fourth-order valence-corrected chi connectivity index (χ4v) is 3.66. The number of nitrogens with one attached hydrogen (secondary N) is 1. The maximum atomic E-state index is 12.3. The number of amides is 1. The molecule has 1 amide bonds. The summed E-state index contributed by atoms with van der Waals surface area (Å²) in [5, 5.41) is 3.31. The van der Waals surface area contributed by atoms with Crippen LogP contribution in [0.15, 0.2) is 88.8 Å². The maximum absolute atomic E-state index is 12.3. The number of aryl methyl sites for hydroxylation is 1. The van der Waals surface area contributed by atoms with Gasteiger partial charge in [-0.2, -0.15) is 0 Å². The Morgan fingerprint density at radius 2 is 1.77 bits per heavy atom. The van der Waals surface area contributed by atoms with Crippen molar-refractivity contribution in [1.82, 2.24) is 5.32 Å². The van der Waals surface area contributed by atoms with Crippen LogP contribution in [0, 0.1) is 6.92 Å². The molecule has 0 atom stereocenters. The quantitative estimate of drug-likeness (QED) is 0.366. The normalized spacial score (nSPS) is 16.0. The number of thioether (sulfide) groups is 1. The van der Waals surface area contributed by atoms with Crippen molar-refractivity contribution in [3.8, 4) is 5.75 Å². The van der Waals surface area contributed by atoms with Crippen LogP contribution in [-0.2, 0) is 4.79 Å². The number of hydrogen-bond donors (Lipinski definition) is 1. The number of carbonyl (C=O) groups excluding carboxylic acids is 2. The second-order valence-corrected chi connectivity index (χ2v) is 7.68. The number of para-hydroxylation sites is 1. The number of rotatable bonds is 4. The van der Waals surface area contributed by atoms with Gasteiger partial charge in [0.25, 0.3) is 5.91 Å². The molecule has 1 aliphatic heterocycles. The second-order valence-electron chi connectivity index (χ2n) is 6.65. The maximum Gasteiger partial charge on any atom is 0.343 e. The minimum absolute atomic E-state index is 0.190. The summed E-state index contributed by atoms with van der Waals surface area (Å²) in [7, 11) is 0. The Balaban J connectivity index is 1.44. The average Bonchev–Trinajstić information content (AvgIpc) is 3.08. The molecule has 0 bridgehead atoms. The minimum atomic E-state index is -0.405. The van der Waals surface area contributed by atoms with Gasteiger partial charge < -0.3 is 10.1 Å². The molecule has 0 aromatic heterocycles. The molecular formula is C24H18N2O3S. The highest BCUT2D eigenvalue weighted by molar-refractivity contribution is 8.18. The van der Waals surface area contributed by atoms with Crippen LogP contribution in [0.3, 0.4) is 0 Å². The summed E-state index contributed by atoms with van der Waals surface area (Å²) >= 11 is 1.29. The molecular weight excluding hydrogens is 396 g/mol. The summed E-state index contributed by atoms with van der Waals surface area (Å²) in [6.45, 7) is 1.92. The van der Waals surface area contributed by atoms with Crippen LogP contribution in [0.5, 0.6) is 5.75 Å². The summed E-state index contributed by atoms with van der Waals surface area (Å²) < 4.78 is 5.42. The smallest absolute Gasteiger partial charge is 0.343 e. The van der Waals surface area contributed by atoms with Gasteiger partial charge in [-0.1, -0.05) is 48.0 Å². The van der Waals surface area contributed by atoms with Gasteiger partial charge in [0.2, 0.25) is 0 Å². The highest BCUT2D eigenvalue weighted by atomic mass is 32.2. The highest BCUT2D eigenvalue weighted by Gasteiger charge is 2.23. The van der Waals surface area contributed by atoms with E-state index in [1.54, 1.807) is 42.5 Å². The van der Waals surface area contributed by atoms with Crippen molar-refractivity contribution < 1.29 is 14.3 Å². The lowest BCUT2D eigenvalue weighted by molar-refractivity contribution is -0.115. The number of hydrogen-bond acceptors (Lipinski definition) is 5. The number of amidine groups is 1. The SMILES string of the molecule is Cc1cccc(C(=O)Oc2ccc(C=C3SC(=Nc4ccccc4)NC3=O)cc2)c1. The lowest BCUT2D eigenvalue weighted by atomic mass is 10.1. The van der Waals surface area contributed by atoms with E-state index in [2.05, 4.69) is 10.3 Å². The van der Waals surface area contributed by atoms with Gasteiger partial charge in [-0.15, -0.1) is 0 Å². The molecule has 30 heavy (non-hydrogen) atoms. The van der Waals surface area contributed by atoms with E-state index in [1.807, 2.05) is 49.4 Å². The predicted molar refractivity (Wildman–Crippen MR) is 120 cm³/mol. The van der Waals surface area contributed by atoms with Crippen LogP contribution in [0.4, 0.5) is 5.69 Å². The van der Waals surface area contributed by atoms with E-state index in [1.165, 1.54) is 11.8 Å². The van der Waals surface area contributed by atoms with Gasteiger partial charge in [0.15, 0.2) is 5.17 Å². The van der Waals surface area contributed by atoms with Crippen molar-refractivity contribution in [2.24, 2.45) is 4.99 Å². The van der Waals surface area contributed by atoms with Crippen LogP contribution in [-0.4, -0.2) is 17.0 Å². The molecule has 1 heterocycles. The van der Waals surface area contributed by atoms with Crippen molar-refractivity contribution in [2.75, 3.05) is 0 Å². The summed E-state index contributed by atoms with van der Waals surface area (Å²) in [6, 6.07) is 23.7. The first-order valence-electron chi connectivity index (χ1n) is 9.30. The third kappa shape index (κ3) is 4.85. The number of ether oxygens (including phenoxy) is 1. The van der Waals surface area contributed by atoms with Crippen LogP contribution in [0.2, 0.25) is 0 Å². The zero-order valence-electron chi connectivity index (χ0n) is 16.2. The molecule has 6 heteroatoms. The lowest BCUT2D eigenvalue weighted by Gasteiger charge is -2.05. The first-order valence-corrected chi connectivity index (χ1v) is 10.1. The molecule has 0 aliphatic carbocycles. The zero-order chi connectivity index (χ0) is 20.9. The van der Waals surface area contributed by atoms with Gasteiger partial charge in [0.05, 0.1) is 16.2 Å². The number of esters is 1. The largest absolute Gasteiger partial charge is 0.423 e. The van der Waals surface area contributed by atoms with Crippen molar-refractivity contribution in [1.29, 1.82) is 0 Å². The second kappa shape index (κ2) is 8.80. The Bertz CT molecular complexity index is 1150. The minimum Gasteiger partial charge on any atom is -0.423 e. The summed E-state index contributed by atoms with van der Waals surface area (Å²) in [5.41, 5.74) is 3.10. The van der Waals surface area contributed by atoms with Gasteiger partial charge in [-0.05, 0) is 66.7 Å². The molecule has 3 aromatic rings. The third-order valence-electron chi connectivity index (χ3n) is 4.28. The van der Waals surface area contributed by atoms with Gasteiger partial charge in [0.1, 0.15) is 5.75 Å². The number of nitrogens with zero attached hydrogens (tertiary/aromatic N) is 1. The van der Waals surface area contributed by atoms with Crippen molar-refractivity contribution in [3.05, 3.63) is 100 Å². The molecule has 0 saturated carbocycles. The average molecular weight is 414 g/mol. The molecule has 1 fully saturated rings. The fourth-order valence-electron chi connectivity index (χ4n) is 2.82. The van der Waals surface area contributed by atoms with Crippen LogP contribution >= 0.6 is 11.8 Å². The van der Waals surface area contributed by atoms with Crippen LogP contribution < -0.4 is 10.1 Å². The van der Waals surface area contributed by atoms with E-state index >= 15 is 0 Å². The van der Waals surface area contributed by atoms with E-state index in [4.69, 9.17) is 4.74 Å². The van der Waals surface area contributed by atoms with Crippen LogP contribution in [0.1, 0.15) is 21.5 Å². The Morgan fingerprint density at radius 1 is 1.00 bits per heavy atom. The highest BCUT2D eigenvalue weighted by Crippen LogP contribution is 2.28. The lowest BCUT2D eigenvalue weighted by Crippen LogP contribution is -2.19. The first kappa shape index (κ1) is 19.7. The first-order chi connectivity index (χ1) is 14.6. The van der Waals surface area contributed by atoms with E-state index < -0.39 is 5.97 Å². The number of carbonyl (C=O) groups is 2. The number of aliphatic imine (C=N–C) groups is 1. The molecule has 1 aliphatic rings. The molecule has 0 spiro atoms. The Kier molecular flexibility index (Phi) is 5.77. The predicted octanol–water partition coefficient (Wildman–Crippen LogP) is 5.11. The van der Waals surface area contributed by atoms with Gasteiger partial charge in [-0.3, -0.25) is 4.79 Å². The Morgan fingerprint density at radius 3 is 2.50 bits per heavy atom. The fraction of sp³-hybridized carbons (Fsp3) is 0.0417. The standard InChI is InChI=1S/C24H18N2O3S/c1-16-6-5-7-18(14-16)23(28)29-20-12-10-17(11-13-20)15-21-22(27)26-24(30-21)25-19-8-3-2-4-9-19/h2-15H,1H3,(H,25,26,27). The van der Waals surface area contributed by atoms with E-state index in [0.29, 0.717) is 21.4 Å². The number of benzene rings is 3. The van der Waals surface area contributed by atoms with Crippen molar-refractivity contribution in [3.63, 3.8) is 0 Å². The molecule has 4 rings (SSSR count). The topological polar surface area (TPSA) is 67.8 Å². The molecule has 0 radical (unpaired) electrons. The van der Waals surface area contributed by atoms with Gasteiger partial charge in [-0.25, -0.2) is 9.79 Å². The van der Waals surface area contributed by atoms with Crippen LogP contribution in [0.25, 0.3) is 6.08 Å².